The lowest BCUT2D eigenvalue weighted by molar-refractivity contribution is -0.133. The monoisotopic (exact) mass is 247 g/mol. The van der Waals surface area contributed by atoms with Crippen LogP contribution in [0.3, 0.4) is 0 Å². The molecule has 0 aliphatic heterocycles. The van der Waals surface area contributed by atoms with Crippen LogP contribution in [0.25, 0.3) is 0 Å². The Bertz CT molecular complexity index is 416. The molecular weight excluding hydrogens is 235 g/mol. The van der Waals surface area contributed by atoms with Gasteiger partial charge in [0.25, 0.3) is 0 Å². The van der Waals surface area contributed by atoms with Crippen molar-refractivity contribution in [2.45, 2.75) is 19.0 Å². The number of alkyl halides is 3. The summed E-state index contributed by atoms with van der Waals surface area (Å²) >= 11 is 0. The van der Waals surface area contributed by atoms with E-state index in [4.69, 9.17) is 10.5 Å². The summed E-state index contributed by atoms with van der Waals surface area (Å²) in [4.78, 5) is 11.5. The number of nitrogen functional groups attached to an aromatic ring is 1. The highest BCUT2D eigenvalue weighted by molar-refractivity contribution is 6.01. The first kappa shape index (κ1) is 13.3. The van der Waals surface area contributed by atoms with Gasteiger partial charge in [-0.25, -0.2) is 0 Å². The number of nitrogens with two attached hydrogens (primary N) is 1. The fourth-order valence-electron chi connectivity index (χ4n) is 1.29. The van der Waals surface area contributed by atoms with Gasteiger partial charge in [0.15, 0.2) is 5.78 Å². The molecule has 1 aromatic rings. The first-order chi connectivity index (χ1) is 7.83. The summed E-state index contributed by atoms with van der Waals surface area (Å²) in [5.41, 5.74) is 5.74. The number of Topliss-reactive ketones (excluding diaryl/α,β-unsaturated/α-hetero) is 1. The molecule has 0 amide bonds. The van der Waals surface area contributed by atoms with E-state index in [1.807, 2.05) is 0 Å². The Morgan fingerprint density at radius 2 is 2.06 bits per heavy atom. The van der Waals surface area contributed by atoms with Crippen LogP contribution < -0.4 is 10.5 Å². The summed E-state index contributed by atoms with van der Waals surface area (Å²) in [5.74, 6) is -0.256. The second-order valence-electron chi connectivity index (χ2n) is 3.49. The van der Waals surface area contributed by atoms with E-state index in [0.29, 0.717) is 5.75 Å². The van der Waals surface area contributed by atoms with Crippen molar-refractivity contribution in [1.82, 2.24) is 0 Å². The van der Waals surface area contributed by atoms with Gasteiger partial charge >= 0.3 is 6.18 Å². The van der Waals surface area contributed by atoms with Crippen LogP contribution in [-0.4, -0.2) is 19.1 Å². The standard InChI is InChI=1S/C11H12F3NO2/c1-17-7-2-3-9(15)8(6-7)10(16)4-5-11(12,13)14/h2-3,6H,4-5,15H2,1H3. The van der Waals surface area contributed by atoms with Crippen molar-refractivity contribution in [3.63, 3.8) is 0 Å². The molecule has 0 aromatic heterocycles. The van der Waals surface area contributed by atoms with Crippen LogP contribution >= 0.6 is 0 Å². The Hall–Kier alpha value is -1.72. The van der Waals surface area contributed by atoms with E-state index in [1.165, 1.54) is 25.3 Å². The third-order valence-corrected chi connectivity index (χ3v) is 2.20. The van der Waals surface area contributed by atoms with Crippen molar-refractivity contribution in [2.75, 3.05) is 12.8 Å². The van der Waals surface area contributed by atoms with Gasteiger partial charge < -0.3 is 10.5 Å². The van der Waals surface area contributed by atoms with Crippen molar-refractivity contribution in [3.8, 4) is 5.75 Å². The van der Waals surface area contributed by atoms with Crippen molar-refractivity contribution >= 4 is 11.5 Å². The maximum Gasteiger partial charge on any atom is 0.389 e. The molecule has 0 atom stereocenters. The van der Waals surface area contributed by atoms with Gasteiger partial charge in [-0.1, -0.05) is 0 Å². The Kier molecular flexibility index (Phi) is 3.98. The Labute approximate surface area is 96.4 Å². The molecule has 0 spiro atoms. The third-order valence-electron chi connectivity index (χ3n) is 2.20. The number of carbonyl (C=O) groups excluding carboxylic acids is 1. The van der Waals surface area contributed by atoms with E-state index in [2.05, 4.69) is 0 Å². The van der Waals surface area contributed by atoms with Crippen LogP contribution in [0.15, 0.2) is 18.2 Å². The van der Waals surface area contributed by atoms with Crippen molar-refractivity contribution in [3.05, 3.63) is 23.8 Å². The van der Waals surface area contributed by atoms with Gasteiger partial charge in [-0.3, -0.25) is 4.79 Å². The highest BCUT2D eigenvalue weighted by Gasteiger charge is 2.28. The zero-order chi connectivity index (χ0) is 13.1. The number of hydrogen-bond acceptors (Lipinski definition) is 3. The Morgan fingerprint density at radius 1 is 1.41 bits per heavy atom. The fourth-order valence-corrected chi connectivity index (χ4v) is 1.29. The molecule has 3 nitrogen and oxygen atoms in total. The number of hydrogen-bond donors (Lipinski definition) is 1. The maximum absolute atomic E-state index is 12.0. The minimum absolute atomic E-state index is 0.0635. The number of benzene rings is 1. The quantitative estimate of drug-likeness (QED) is 0.657. The van der Waals surface area contributed by atoms with Gasteiger partial charge in [0.2, 0.25) is 0 Å². The van der Waals surface area contributed by atoms with Crippen LogP contribution in [-0.2, 0) is 0 Å². The van der Waals surface area contributed by atoms with E-state index in [0.717, 1.165) is 0 Å². The lowest BCUT2D eigenvalue weighted by Crippen LogP contribution is -2.12. The molecular formula is C11H12F3NO2. The van der Waals surface area contributed by atoms with Crippen LogP contribution in [0.4, 0.5) is 18.9 Å². The lowest BCUT2D eigenvalue weighted by Gasteiger charge is -2.08. The largest absolute Gasteiger partial charge is 0.497 e. The summed E-state index contributed by atoms with van der Waals surface area (Å²) in [6.07, 6.45) is -6.10. The second-order valence-corrected chi connectivity index (χ2v) is 3.49. The van der Waals surface area contributed by atoms with Crippen molar-refractivity contribution < 1.29 is 22.7 Å². The number of anilines is 1. The van der Waals surface area contributed by atoms with Crippen LogP contribution in [0.1, 0.15) is 23.2 Å². The molecule has 0 fully saturated rings. The molecule has 1 aromatic carbocycles. The van der Waals surface area contributed by atoms with E-state index in [1.54, 1.807) is 0 Å². The van der Waals surface area contributed by atoms with E-state index in [-0.39, 0.29) is 11.3 Å². The maximum atomic E-state index is 12.0. The van der Waals surface area contributed by atoms with Gasteiger partial charge in [-0.2, -0.15) is 13.2 Å². The first-order valence-corrected chi connectivity index (χ1v) is 4.87. The molecule has 94 valence electrons. The summed E-state index contributed by atoms with van der Waals surface area (Å²) in [7, 11) is 1.40. The molecule has 17 heavy (non-hydrogen) atoms. The summed E-state index contributed by atoms with van der Waals surface area (Å²) < 4.78 is 40.8. The number of methoxy groups -OCH3 is 1. The summed E-state index contributed by atoms with van der Waals surface area (Å²) in [6.45, 7) is 0. The van der Waals surface area contributed by atoms with Crippen LogP contribution in [0, 0.1) is 0 Å². The van der Waals surface area contributed by atoms with Gasteiger partial charge in [-0.15, -0.1) is 0 Å². The normalized spacial score (nSPS) is 11.3. The zero-order valence-electron chi connectivity index (χ0n) is 9.17. The number of rotatable bonds is 4. The molecule has 0 unspecified atom stereocenters. The smallest absolute Gasteiger partial charge is 0.389 e. The topological polar surface area (TPSA) is 52.3 Å². The number of ketones is 1. The molecule has 6 heteroatoms. The van der Waals surface area contributed by atoms with E-state index in [9.17, 15) is 18.0 Å². The van der Waals surface area contributed by atoms with Gasteiger partial charge in [0, 0.05) is 17.7 Å². The lowest BCUT2D eigenvalue weighted by atomic mass is 10.0. The van der Waals surface area contributed by atoms with Gasteiger partial charge in [0.1, 0.15) is 5.75 Å². The summed E-state index contributed by atoms with van der Waals surface area (Å²) in [5, 5.41) is 0. The van der Waals surface area contributed by atoms with E-state index >= 15 is 0 Å². The zero-order valence-corrected chi connectivity index (χ0v) is 9.17. The molecule has 0 heterocycles. The minimum Gasteiger partial charge on any atom is -0.497 e. The number of halogens is 3. The fraction of sp³-hybridized carbons (Fsp3) is 0.364. The molecule has 0 radical (unpaired) electrons. The average Bonchev–Trinajstić information content (AvgIpc) is 2.25. The second kappa shape index (κ2) is 5.07. The molecule has 0 bridgehead atoms. The summed E-state index contributed by atoms with van der Waals surface area (Å²) in [6, 6.07) is 4.31. The van der Waals surface area contributed by atoms with E-state index < -0.39 is 24.8 Å². The van der Waals surface area contributed by atoms with Crippen molar-refractivity contribution in [1.29, 1.82) is 0 Å². The average molecular weight is 247 g/mol. The highest BCUT2D eigenvalue weighted by atomic mass is 19.4. The van der Waals surface area contributed by atoms with Gasteiger partial charge in [-0.05, 0) is 18.2 Å². The Balaban J connectivity index is 2.81. The van der Waals surface area contributed by atoms with Crippen molar-refractivity contribution in [2.24, 2.45) is 0 Å². The molecule has 0 saturated heterocycles. The number of ether oxygens (including phenoxy) is 1. The molecule has 0 aliphatic rings. The molecule has 0 saturated carbocycles. The highest BCUT2D eigenvalue weighted by Crippen LogP contribution is 2.25. The predicted octanol–water partition coefficient (Wildman–Crippen LogP) is 2.80. The SMILES string of the molecule is COc1ccc(N)c(C(=O)CCC(F)(F)F)c1. The predicted molar refractivity (Wildman–Crippen MR) is 57.0 cm³/mol. The molecule has 0 aliphatic carbocycles. The van der Waals surface area contributed by atoms with Crippen LogP contribution in [0.2, 0.25) is 0 Å². The number of carbonyl (C=O) groups is 1. The molecule has 1 rings (SSSR count). The Morgan fingerprint density at radius 3 is 2.59 bits per heavy atom. The third kappa shape index (κ3) is 3.97. The minimum atomic E-state index is -4.34. The molecule has 2 N–H and O–H groups in total. The van der Waals surface area contributed by atoms with Crippen LogP contribution in [0.5, 0.6) is 5.75 Å². The first-order valence-electron chi connectivity index (χ1n) is 4.87. The van der Waals surface area contributed by atoms with Gasteiger partial charge in [0.05, 0.1) is 13.5 Å².